The van der Waals surface area contributed by atoms with E-state index in [4.69, 9.17) is 4.74 Å². The Kier molecular flexibility index (Phi) is 7.05. The lowest BCUT2D eigenvalue weighted by atomic mass is 9.97. The van der Waals surface area contributed by atoms with Crippen molar-refractivity contribution in [2.45, 2.75) is 52.7 Å². The van der Waals surface area contributed by atoms with Crippen molar-refractivity contribution in [3.05, 3.63) is 65.7 Å². The van der Waals surface area contributed by atoms with E-state index >= 15 is 0 Å². The molecule has 2 atom stereocenters. The second kappa shape index (κ2) is 9.26. The lowest BCUT2D eigenvalue weighted by Crippen LogP contribution is -2.39. The third-order valence-electron chi connectivity index (χ3n) is 4.25. The lowest BCUT2D eigenvalue weighted by Gasteiger charge is -2.24. The van der Waals surface area contributed by atoms with Gasteiger partial charge in [-0.05, 0) is 42.9 Å². The summed E-state index contributed by atoms with van der Waals surface area (Å²) in [6, 6.07) is 18.0. The zero-order valence-electron chi connectivity index (χ0n) is 15.7. The molecule has 0 fully saturated rings. The Labute approximate surface area is 151 Å². The molecule has 0 saturated heterocycles. The van der Waals surface area contributed by atoms with Gasteiger partial charge in [0.1, 0.15) is 5.75 Å². The van der Waals surface area contributed by atoms with Crippen molar-refractivity contribution in [3.8, 4) is 5.75 Å². The van der Waals surface area contributed by atoms with Gasteiger partial charge in [0.2, 0.25) is 0 Å². The molecule has 2 rings (SSSR count). The second-order valence-corrected chi connectivity index (χ2v) is 6.82. The minimum atomic E-state index is -0.536. The molecule has 3 heteroatoms. The van der Waals surface area contributed by atoms with E-state index in [-0.39, 0.29) is 11.9 Å². The van der Waals surface area contributed by atoms with Crippen LogP contribution in [0.2, 0.25) is 0 Å². The van der Waals surface area contributed by atoms with Crippen LogP contribution in [0.4, 0.5) is 0 Å². The average Bonchev–Trinajstić information content (AvgIpc) is 2.62. The number of benzene rings is 2. The molecule has 0 bridgehead atoms. The molecule has 0 aromatic heterocycles. The van der Waals surface area contributed by atoms with Crippen LogP contribution in [0.3, 0.4) is 0 Å². The van der Waals surface area contributed by atoms with Crippen LogP contribution in [0.15, 0.2) is 54.6 Å². The highest BCUT2D eigenvalue weighted by Crippen LogP contribution is 2.23. The zero-order valence-corrected chi connectivity index (χ0v) is 15.7. The topological polar surface area (TPSA) is 38.3 Å². The maximum Gasteiger partial charge on any atom is 0.261 e. The molecule has 1 N–H and O–H groups in total. The van der Waals surface area contributed by atoms with Crippen LogP contribution in [0.5, 0.6) is 5.75 Å². The predicted molar refractivity (Wildman–Crippen MR) is 103 cm³/mol. The molecule has 0 heterocycles. The first-order valence-electron chi connectivity index (χ1n) is 9.11. The summed E-state index contributed by atoms with van der Waals surface area (Å²) < 4.78 is 5.93. The Morgan fingerprint density at radius 1 is 1.00 bits per heavy atom. The Morgan fingerprint density at radius 3 is 2.28 bits per heavy atom. The fraction of sp³-hybridized carbons (Fsp3) is 0.409. The third-order valence-corrected chi connectivity index (χ3v) is 4.25. The third kappa shape index (κ3) is 5.63. The number of aryl methyl sites for hydroxylation is 1. The minimum Gasteiger partial charge on any atom is -0.481 e. The molecule has 25 heavy (non-hydrogen) atoms. The summed E-state index contributed by atoms with van der Waals surface area (Å²) in [6.07, 6.45) is 1.24. The van der Waals surface area contributed by atoms with Gasteiger partial charge in [-0.1, -0.05) is 69.3 Å². The van der Waals surface area contributed by atoms with Crippen molar-refractivity contribution in [2.75, 3.05) is 0 Å². The second-order valence-electron chi connectivity index (χ2n) is 6.82. The van der Waals surface area contributed by atoms with E-state index in [9.17, 15) is 4.79 Å². The first-order chi connectivity index (χ1) is 12.0. The molecule has 1 amide bonds. The molecule has 134 valence electrons. The summed E-state index contributed by atoms with van der Waals surface area (Å²) in [5, 5.41) is 3.16. The highest BCUT2D eigenvalue weighted by Gasteiger charge is 2.21. The molecule has 0 aliphatic carbocycles. The van der Waals surface area contributed by atoms with E-state index in [1.54, 1.807) is 6.92 Å². The number of hydrogen-bond acceptors (Lipinski definition) is 2. The highest BCUT2D eigenvalue weighted by atomic mass is 16.5. The normalized spacial score (nSPS) is 13.3. The van der Waals surface area contributed by atoms with E-state index in [2.05, 4.69) is 38.2 Å². The van der Waals surface area contributed by atoms with Gasteiger partial charge in [0.05, 0.1) is 6.04 Å². The van der Waals surface area contributed by atoms with E-state index in [1.807, 2.05) is 42.5 Å². The van der Waals surface area contributed by atoms with Gasteiger partial charge in [-0.2, -0.15) is 0 Å². The van der Waals surface area contributed by atoms with Crippen molar-refractivity contribution in [1.82, 2.24) is 5.32 Å². The maximum atomic E-state index is 12.7. The first-order valence-corrected chi connectivity index (χ1v) is 9.11. The highest BCUT2D eigenvalue weighted by molar-refractivity contribution is 5.81. The molecule has 2 aromatic rings. The molecule has 0 radical (unpaired) electrons. The summed E-state index contributed by atoms with van der Waals surface area (Å²) in [5.41, 5.74) is 2.25. The van der Waals surface area contributed by atoms with Crippen LogP contribution >= 0.6 is 0 Å². The molecular weight excluding hydrogens is 310 g/mol. The number of carbonyl (C=O) groups is 1. The van der Waals surface area contributed by atoms with Gasteiger partial charge in [0.25, 0.3) is 5.91 Å². The van der Waals surface area contributed by atoms with Gasteiger partial charge < -0.3 is 10.1 Å². The summed E-state index contributed by atoms with van der Waals surface area (Å²) in [6.45, 7) is 8.22. The van der Waals surface area contributed by atoms with E-state index < -0.39 is 6.10 Å². The smallest absolute Gasteiger partial charge is 0.261 e. The van der Waals surface area contributed by atoms with Crippen LogP contribution in [0, 0.1) is 5.92 Å². The standard InChI is InChI=1S/C22H29NO2/c1-5-18-11-9-10-14-21(18)25-17(4)22(24)23-20(15-16(2)3)19-12-7-6-8-13-19/h6-14,16-17,20H,5,15H2,1-4H3,(H,23,24)/t17-,20+/m0/s1. The van der Waals surface area contributed by atoms with Crippen LogP contribution in [0.1, 0.15) is 51.3 Å². The van der Waals surface area contributed by atoms with Gasteiger partial charge in [0.15, 0.2) is 6.10 Å². The average molecular weight is 339 g/mol. The number of hydrogen-bond donors (Lipinski definition) is 1. The number of para-hydroxylation sites is 1. The number of rotatable bonds is 8. The van der Waals surface area contributed by atoms with Gasteiger partial charge in [-0.3, -0.25) is 4.79 Å². The van der Waals surface area contributed by atoms with Crippen LogP contribution in [0.25, 0.3) is 0 Å². The SMILES string of the molecule is CCc1ccccc1O[C@@H](C)C(=O)N[C@H](CC(C)C)c1ccccc1. The van der Waals surface area contributed by atoms with Crippen molar-refractivity contribution in [1.29, 1.82) is 0 Å². The fourth-order valence-corrected chi connectivity index (χ4v) is 2.88. The molecular formula is C22H29NO2. The summed E-state index contributed by atoms with van der Waals surface area (Å²) in [4.78, 5) is 12.7. The molecule has 0 unspecified atom stereocenters. The quantitative estimate of drug-likeness (QED) is 0.741. The molecule has 0 aliphatic rings. The molecule has 0 saturated carbocycles. The molecule has 0 aliphatic heterocycles. The predicted octanol–water partition coefficient (Wildman–Crippen LogP) is 4.92. The lowest BCUT2D eigenvalue weighted by molar-refractivity contribution is -0.128. The van der Waals surface area contributed by atoms with Crippen LogP contribution < -0.4 is 10.1 Å². The number of amides is 1. The Morgan fingerprint density at radius 2 is 1.64 bits per heavy atom. The van der Waals surface area contributed by atoms with E-state index in [1.165, 1.54) is 0 Å². The van der Waals surface area contributed by atoms with Gasteiger partial charge in [-0.15, -0.1) is 0 Å². The number of nitrogens with one attached hydrogen (secondary N) is 1. The molecule has 2 aromatic carbocycles. The number of carbonyl (C=O) groups excluding carboxylic acids is 1. The summed E-state index contributed by atoms with van der Waals surface area (Å²) >= 11 is 0. The maximum absolute atomic E-state index is 12.7. The Hall–Kier alpha value is -2.29. The van der Waals surface area contributed by atoms with Crippen LogP contribution in [-0.4, -0.2) is 12.0 Å². The first kappa shape index (κ1) is 19.0. The Balaban J connectivity index is 2.06. The molecule has 0 spiro atoms. The summed E-state index contributed by atoms with van der Waals surface area (Å²) in [5.74, 6) is 1.19. The van der Waals surface area contributed by atoms with Crippen molar-refractivity contribution >= 4 is 5.91 Å². The van der Waals surface area contributed by atoms with E-state index in [0.29, 0.717) is 5.92 Å². The Bertz CT molecular complexity index is 667. The summed E-state index contributed by atoms with van der Waals surface area (Å²) in [7, 11) is 0. The van der Waals surface area contributed by atoms with Gasteiger partial charge in [-0.25, -0.2) is 0 Å². The van der Waals surface area contributed by atoms with Crippen LogP contribution in [-0.2, 0) is 11.2 Å². The van der Waals surface area contributed by atoms with E-state index in [0.717, 1.165) is 29.7 Å². The van der Waals surface area contributed by atoms with Gasteiger partial charge in [0, 0.05) is 0 Å². The number of ether oxygens (including phenoxy) is 1. The minimum absolute atomic E-state index is 0.00108. The van der Waals surface area contributed by atoms with Gasteiger partial charge >= 0.3 is 0 Å². The van der Waals surface area contributed by atoms with Crippen molar-refractivity contribution in [3.63, 3.8) is 0 Å². The monoisotopic (exact) mass is 339 g/mol. The zero-order chi connectivity index (χ0) is 18.2. The molecule has 3 nitrogen and oxygen atoms in total. The fourth-order valence-electron chi connectivity index (χ4n) is 2.88. The largest absolute Gasteiger partial charge is 0.481 e. The van der Waals surface area contributed by atoms with Crippen molar-refractivity contribution in [2.24, 2.45) is 5.92 Å². The van der Waals surface area contributed by atoms with Crippen molar-refractivity contribution < 1.29 is 9.53 Å².